The number of carbonyl (C=O) groups is 1. The number of likely N-dealkylation sites (tertiary alicyclic amines) is 1. The van der Waals surface area contributed by atoms with Crippen molar-refractivity contribution in [1.82, 2.24) is 14.5 Å². The first-order chi connectivity index (χ1) is 21.9. The van der Waals surface area contributed by atoms with Crippen LogP contribution in [-0.4, -0.2) is 44.7 Å². The zero-order valence-corrected chi connectivity index (χ0v) is 26.0. The maximum Gasteiger partial charge on any atom is 0.307 e. The first kappa shape index (κ1) is 32.3. The van der Waals surface area contributed by atoms with E-state index in [1.165, 1.54) is 12.1 Å². The van der Waals surface area contributed by atoms with Crippen LogP contribution in [0.1, 0.15) is 61.9 Å². The van der Waals surface area contributed by atoms with Gasteiger partial charge in [0.25, 0.3) is 0 Å². The smallest absolute Gasteiger partial charge is 0.307 e. The Morgan fingerprint density at radius 1 is 1.04 bits per heavy atom. The lowest BCUT2D eigenvalue weighted by atomic mass is 10.1. The monoisotopic (exact) mass is 632 g/mol. The largest absolute Gasteiger partial charge is 0.490 e. The number of aromatic nitrogens is 2. The molecular weight excluding hydrogens is 595 g/mol. The van der Waals surface area contributed by atoms with E-state index in [2.05, 4.69) is 15.5 Å². The molecule has 1 aliphatic rings. The van der Waals surface area contributed by atoms with E-state index in [4.69, 9.17) is 31.3 Å². The van der Waals surface area contributed by atoms with Gasteiger partial charge in [-0.3, -0.25) is 9.69 Å². The van der Waals surface area contributed by atoms with Crippen LogP contribution in [0.3, 0.4) is 0 Å². The average Bonchev–Trinajstić information content (AvgIpc) is 3.35. The Balaban J connectivity index is 1.17. The van der Waals surface area contributed by atoms with Gasteiger partial charge in [0.2, 0.25) is 0 Å². The third kappa shape index (κ3) is 9.19. The minimum absolute atomic E-state index is 0.0189. The fraction of sp³-hybridized carbons (Fsp3) is 0.400. The van der Waals surface area contributed by atoms with Gasteiger partial charge in [0, 0.05) is 31.1 Å². The normalized spacial score (nSPS) is 14.0. The zero-order chi connectivity index (χ0) is 31.6. The second kappa shape index (κ2) is 15.7. The summed E-state index contributed by atoms with van der Waals surface area (Å²) in [7, 11) is 0. The van der Waals surface area contributed by atoms with Gasteiger partial charge in [-0.25, -0.2) is 9.37 Å². The van der Waals surface area contributed by atoms with E-state index in [0.717, 1.165) is 91.9 Å². The Hall–Kier alpha value is -4.13. The third-order valence-electron chi connectivity index (χ3n) is 8.06. The number of unbranched alkanes of at least 4 members (excludes halogenated alkanes) is 4. The molecule has 1 aliphatic heterocycles. The van der Waals surface area contributed by atoms with Crippen molar-refractivity contribution < 1.29 is 23.8 Å². The number of aryl methyl sites for hydroxylation is 1. The summed E-state index contributed by atoms with van der Waals surface area (Å²) in [5.41, 5.74) is 3.50. The van der Waals surface area contributed by atoms with E-state index in [-0.39, 0.29) is 24.9 Å². The first-order valence-electron chi connectivity index (χ1n) is 15.5. The van der Waals surface area contributed by atoms with E-state index in [1.54, 1.807) is 6.07 Å². The maximum atomic E-state index is 14.1. The van der Waals surface area contributed by atoms with Crippen LogP contribution in [0.4, 0.5) is 4.39 Å². The Kier molecular flexibility index (Phi) is 11.3. The lowest BCUT2D eigenvalue weighted by Crippen LogP contribution is -2.38. The molecule has 0 bridgehead atoms. The molecule has 0 saturated carbocycles. The van der Waals surface area contributed by atoms with Crippen molar-refractivity contribution >= 4 is 28.6 Å². The van der Waals surface area contributed by atoms with Crippen molar-refractivity contribution in [3.63, 3.8) is 0 Å². The van der Waals surface area contributed by atoms with Crippen LogP contribution in [0, 0.1) is 17.1 Å². The zero-order valence-electron chi connectivity index (χ0n) is 25.3. The fourth-order valence-electron chi connectivity index (χ4n) is 5.74. The summed E-state index contributed by atoms with van der Waals surface area (Å²) in [6.07, 6.45) is 6.33. The Morgan fingerprint density at radius 3 is 2.64 bits per heavy atom. The summed E-state index contributed by atoms with van der Waals surface area (Å²) in [4.78, 5) is 18.7. The van der Waals surface area contributed by atoms with Crippen molar-refractivity contribution in [2.24, 2.45) is 0 Å². The highest BCUT2D eigenvalue weighted by Crippen LogP contribution is 2.26. The van der Waals surface area contributed by atoms with Crippen LogP contribution >= 0.6 is 11.6 Å². The molecule has 2 heterocycles. The van der Waals surface area contributed by atoms with Crippen LogP contribution < -0.4 is 9.47 Å². The standard InChI is InChI=1S/C35H38ClFN4O4/c36-27-10-12-33(30(37)22-27)44-24-26-7-6-8-29(19-26)45-28-13-17-40(18-14-28)23-34-39-31-11-9-25(21-35(42)43)20-32(31)41(34)16-5-3-1-2-4-15-38/h6-12,19-20,22,28H,1-5,13-14,16-18,21,23-24H2,(H,42,43). The number of nitrogens with zero attached hydrogens (tertiary/aromatic N) is 4. The minimum Gasteiger partial charge on any atom is -0.490 e. The first-order valence-corrected chi connectivity index (χ1v) is 15.9. The summed E-state index contributed by atoms with van der Waals surface area (Å²) in [5, 5.41) is 18.4. The van der Waals surface area contributed by atoms with Gasteiger partial charge in [0.05, 0.1) is 30.1 Å². The SMILES string of the molecule is N#CCCCCCCn1c(CN2CCC(Oc3cccc(COc4ccc(Cl)cc4F)c3)CC2)nc2ccc(CC(=O)O)cc21. The highest BCUT2D eigenvalue weighted by Gasteiger charge is 2.23. The molecule has 8 nitrogen and oxygen atoms in total. The molecule has 0 radical (unpaired) electrons. The molecule has 1 fully saturated rings. The maximum absolute atomic E-state index is 14.1. The summed E-state index contributed by atoms with van der Waals surface area (Å²) < 4.78 is 28.3. The van der Waals surface area contributed by atoms with Gasteiger partial charge < -0.3 is 19.1 Å². The third-order valence-corrected chi connectivity index (χ3v) is 8.29. The quantitative estimate of drug-likeness (QED) is 0.135. The second-order valence-electron chi connectivity index (χ2n) is 11.5. The number of benzene rings is 3. The number of carboxylic acids is 1. The summed E-state index contributed by atoms with van der Waals surface area (Å²) in [6, 6.07) is 20.0. The summed E-state index contributed by atoms with van der Waals surface area (Å²) in [5.74, 6) is 0.560. The average molecular weight is 633 g/mol. The Morgan fingerprint density at radius 2 is 1.87 bits per heavy atom. The van der Waals surface area contributed by atoms with Gasteiger partial charge in [0.1, 0.15) is 24.3 Å². The number of aliphatic carboxylic acids is 1. The molecule has 0 unspecified atom stereocenters. The van der Waals surface area contributed by atoms with E-state index in [0.29, 0.717) is 18.0 Å². The highest BCUT2D eigenvalue weighted by atomic mass is 35.5. The molecule has 236 valence electrons. The number of fused-ring (bicyclic) bond motifs is 1. The number of ether oxygens (including phenoxy) is 2. The molecule has 5 rings (SSSR count). The number of hydrogen-bond donors (Lipinski definition) is 1. The lowest BCUT2D eigenvalue weighted by molar-refractivity contribution is -0.136. The van der Waals surface area contributed by atoms with Crippen molar-refractivity contribution in [3.05, 3.63) is 88.5 Å². The minimum atomic E-state index is -0.850. The number of hydrogen-bond acceptors (Lipinski definition) is 6. The number of halogens is 2. The lowest BCUT2D eigenvalue weighted by Gasteiger charge is -2.32. The van der Waals surface area contributed by atoms with E-state index < -0.39 is 11.8 Å². The number of imidazole rings is 1. The van der Waals surface area contributed by atoms with E-state index in [1.807, 2.05) is 42.5 Å². The van der Waals surface area contributed by atoms with Gasteiger partial charge in [-0.1, -0.05) is 42.6 Å². The van der Waals surface area contributed by atoms with Crippen molar-refractivity contribution in [3.8, 4) is 17.6 Å². The van der Waals surface area contributed by atoms with Gasteiger partial charge >= 0.3 is 5.97 Å². The van der Waals surface area contributed by atoms with Gasteiger partial charge in [-0.15, -0.1) is 0 Å². The molecule has 0 amide bonds. The summed E-state index contributed by atoms with van der Waals surface area (Å²) in [6.45, 7) is 3.46. The van der Waals surface area contributed by atoms with Crippen LogP contribution in [0.25, 0.3) is 11.0 Å². The highest BCUT2D eigenvalue weighted by molar-refractivity contribution is 6.30. The molecule has 0 spiro atoms. The number of piperidine rings is 1. The molecular formula is C35H38ClFN4O4. The molecule has 3 aromatic carbocycles. The molecule has 0 atom stereocenters. The van der Waals surface area contributed by atoms with Crippen LogP contribution in [-0.2, 0) is 30.9 Å². The fourth-order valence-corrected chi connectivity index (χ4v) is 5.90. The second-order valence-corrected chi connectivity index (χ2v) is 11.9. The number of carboxylic acid groups (broad SMARTS) is 1. The van der Waals surface area contributed by atoms with Crippen molar-refractivity contribution in [2.75, 3.05) is 13.1 Å². The number of rotatable bonds is 15. The predicted molar refractivity (Wildman–Crippen MR) is 171 cm³/mol. The number of nitriles is 1. The van der Waals surface area contributed by atoms with Crippen molar-refractivity contribution in [2.45, 2.75) is 77.2 Å². The molecule has 10 heteroatoms. The Bertz CT molecular complexity index is 1640. The van der Waals surface area contributed by atoms with Crippen LogP contribution in [0.2, 0.25) is 5.02 Å². The van der Waals surface area contributed by atoms with Crippen LogP contribution in [0.5, 0.6) is 11.5 Å². The molecule has 4 aromatic rings. The van der Waals surface area contributed by atoms with Gasteiger partial charge in [0.15, 0.2) is 11.6 Å². The molecule has 1 N–H and O–H groups in total. The van der Waals surface area contributed by atoms with Gasteiger partial charge in [-0.05, 0) is 79.3 Å². The molecule has 1 saturated heterocycles. The molecule has 1 aromatic heterocycles. The topological polar surface area (TPSA) is 101 Å². The van der Waals surface area contributed by atoms with E-state index in [9.17, 15) is 14.3 Å². The summed E-state index contributed by atoms with van der Waals surface area (Å²) >= 11 is 5.83. The van der Waals surface area contributed by atoms with Crippen LogP contribution in [0.15, 0.2) is 60.7 Å². The van der Waals surface area contributed by atoms with Crippen molar-refractivity contribution in [1.29, 1.82) is 5.26 Å². The Labute approximate surface area is 268 Å². The van der Waals surface area contributed by atoms with Gasteiger partial charge in [-0.2, -0.15) is 5.26 Å². The molecule has 45 heavy (non-hydrogen) atoms. The predicted octanol–water partition coefficient (Wildman–Crippen LogP) is 7.55. The molecule has 0 aliphatic carbocycles. The van der Waals surface area contributed by atoms with E-state index >= 15 is 0 Å².